The van der Waals surface area contributed by atoms with Gasteiger partial charge in [-0.2, -0.15) is 0 Å². The van der Waals surface area contributed by atoms with Crippen LogP contribution in [0.2, 0.25) is 0 Å². The molecule has 8 nitrogen and oxygen atoms in total. The van der Waals surface area contributed by atoms with E-state index in [0.29, 0.717) is 16.8 Å². The van der Waals surface area contributed by atoms with E-state index in [4.69, 9.17) is 4.84 Å². The highest BCUT2D eigenvalue weighted by Gasteiger charge is 2.23. The molecule has 140 valence electrons. The molecule has 9 heteroatoms. The minimum atomic E-state index is -3.51. The number of H-pyrrole nitrogens is 1. The van der Waals surface area contributed by atoms with Gasteiger partial charge in [0, 0.05) is 31.5 Å². The first-order valence-corrected chi connectivity index (χ1v) is 9.65. The summed E-state index contributed by atoms with van der Waals surface area (Å²) < 4.78 is 25.5. The van der Waals surface area contributed by atoms with Crippen molar-refractivity contribution in [3.8, 4) is 0 Å². The van der Waals surface area contributed by atoms with Crippen LogP contribution in [-0.4, -0.2) is 43.1 Å². The monoisotopic (exact) mass is 379 g/mol. The Morgan fingerprint density at radius 1 is 1.31 bits per heavy atom. The maximum absolute atomic E-state index is 12.8. The fourth-order valence-electron chi connectivity index (χ4n) is 2.76. The maximum Gasteiger partial charge on any atom is 0.277 e. The number of oxime groups is 1. The standard InChI is InChI=1S/C17H21N3O5S/c1-10(19-25-4)8-13-11(2)12(6-7-15(13)26(5,23)24)16(21)14-9-18-20(3)17(14)22/h6-7,9,18H,8H2,1-5H3/b19-10-. The zero-order valence-electron chi connectivity index (χ0n) is 15.3. The lowest BCUT2D eigenvalue weighted by Gasteiger charge is -2.14. The van der Waals surface area contributed by atoms with Crippen LogP contribution in [0.3, 0.4) is 0 Å². The number of carbonyl (C=O) groups excluding carboxylic acids is 1. The molecule has 26 heavy (non-hydrogen) atoms. The van der Waals surface area contributed by atoms with E-state index in [-0.39, 0.29) is 22.4 Å². The molecule has 0 spiro atoms. The number of benzene rings is 1. The van der Waals surface area contributed by atoms with E-state index in [1.807, 2.05) is 0 Å². The van der Waals surface area contributed by atoms with Crippen LogP contribution in [0, 0.1) is 6.92 Å². The Kier molecular flexibility index (Phi) is 5.50. The third kappa shape index (κ3) is 3.77. The first kappa shape index (κ1) is 19.6. The highest BCUT2D eigenvalue weighted by atomic mass is 32.2. The van der Waals surface area contributed by atoms with Crippen LogP contribution >= 0.6 is 0 Å². The molecule has 2 rings (SSSR count). The number of nitrogens with one attached hydrogen (secondary N) is 1. The Bertz CT molecular complexity index is 1040. The van der Waals surface area contributed by atoms with Crippen LogP contribution in [0.5, 0.6) is 0 Å². The number of ketones is 1. The van der Waals surface area contributed by atoms with Gasteiger partial charge in [0.25, 0.3) is 5.56 Å². The van der Waals surface area contributed by atoms with Crippen molar-refractivity contribution in [2.45, 2.75) is 25.2 Å². The summed E-state index contributed by atoms with van der Waals surface area (Å²) in [4.78, 5) is 29.7. The quantitative estimate of drug-likeness (QED) is 0.461. The number of carbonyl (C=O) groups is 1. The molecule has 0 saturated carbocycles. The number of aryl methyl sites for hydroxylation is 1. The molecule has 1 aromatic heterocycles. The Balaban J connectivity index is 2.67. The SMILES string of the molecule is CO/N=C(/C)Cc1c(S(C)(=O)=O)ccc(C(=O)c2c[nH]n(C)c2=O)c1C. The highest BCUT2D eigenvalue weighted by Crippen LogP contribution is 2.25. The number of hydrogen-bond donors (Lipinski definition) is 1. The van der Waals surface area contributed by atoms with Crippen LogP contribution in [0.1, 0.15) is 34.0 Å². The molecule has 0 amide bonds. The second kappa shape index (κ2) is 7.28. The van der Waals surface area contributed by atoms with Crippen molar-refractivity contribution in [2.24, 2.45) is 12.2 Å². The summed E-state index contributed by atoms with van der Waals surface area (Å²) in [5, 5.41) is 6.47. The van der Waals surface area contributed by atoms with E-state index >= 15 is 0 Å². The van der Waals surface area contributed by atoms with Gasteiger partial charge in [-0.3, -0.25) is 14.3 Å². The summed E-state index contributed by atoms with van der Waals surface area (Å²) in [5.41, 5.74) is 1.34. The van der Waals surface area contributed by atoms with E-state index in [9.17, 15) is 18.0 Å². The number of sulfone groups is 1. The molecule has 0 unspecified atom stereocenters. The Morgan fingerprint density at radius 2 is 1.96 bits per heavy atom. The molecule has 1 aromatic carbocycles. The van der Waals surface area contributed by atoms with Gasteiger partial charge in [0.05, 0.1) is 10.6 Å². The summed E-state index contributed by atoms with van der Waals surface area (Å²) in [6.45, 7) is 3.36. The molecule has 0 bridgehead atoms. The second-order valence-corrected chi connectivity index (χ2v) is 8.04. The molecule has 2 aromatic rings. The van der Waals surface area contributed by atoms with E-state index in [0.717, 1.165) is 6.26 Å². The minimum absolute atomic E-state index is 0.00376. The van der Waals surface area contributed by atoms with Crippen molar-refractivity contribution in [3.63, 3.8) is 0 Å². The molecule has 0 aliphatic carbocycles. The fourth-order valence-corrected chi connectivity index (χ4v) is 3.75. The van der Waals surface area contributed by atoms with Crippen molar-refractivity contribution >= 4 is 21.3 Å². The molecular weight excluding hydrogens is 358 g/mol. The molecule has 0 aliphatic heterocycles. The Labute approximate surface area is 151 Å². The third-order valence-electron chi connectivity index (χ3n) is 4.06. The third-order valence-corrected chi connectivity index (χ3v) is 5.24. The first-order valence-electron chi connectivity index (χ1n) is 7.76. The fraction of sp³-hybridized carbons (Fsp3) is 0.353. The van der Waals surface area contributed by atoms with Crippen molar-refractivity contribution < 1.29 is 18.0 Å². The van der Waals surface area contributed by atoms with Crippen LogP contribution in [0.25, 0.3) is 0 Å². The molecule has 1 N–H and O–H groups in total. The lowest BCUT2D eigenvalue weighted by Crippen LogP contribution is -2.20. The summed E-state index contributed by atoms with van der Waals surface area (Å²) in [6.07, 6.45) is 2.65. The van der Waals surface area contributed by atoms with E-state index < -0.39 is 21.2 Å². The predicted octanol–water partition coefficient (Wildman–Crippen LogP) is 1.22. The number of aromatic nitrogens is 2. The molecule has 0 radical (unpaired) electrons. The zero-order valence-corrected chi connectivity index (χ0v) is 16.1. The molecule has 1 heterocycles. The summed E-state index contributed by atoms with van der Waals surface area (Å²) in [6, 6.07) is 2.83. The first-order chi connectivity index (χ1) is 12.1. The normalized spacial score (nSPS) is 12.3. The van der Waals surface area contributed by atoms with Gasteiger partial charge in [-0.15, -0.1) is 0 Å². The predicted molar refractivity (Wildman–Crippen MR) is 97.6 cm³/mol. The van der Waals surface area contributed by atoms with Crippen molar-refractivity contribution in [3.05, 3.63) is 50.9 Å². The average molecular weight is 379 g/mol. The lowest BCUT2D eigenvalue weighted by molar-refractivity contribution is 0.103. The topological polar surface area (TPSA) is 111 Å². The summed E-state index contributed by atoms with van der Waals surface area (Å²) >= 11 is 0. The zero-order chi connectivity index (χ0) is 19.6. The molecule has 0 aliphatic rings. The molecular formula is C17H21N3O5S. The minimum Gasteiger partial charge on any atom is -0.399 e. The number of nitrogens with zero attached hydrogens (tertiary/aromatic N) is 2. The van der Waals surface area contributed by atoms with Gasteiger partial charge in [-0.05, 0) is 37.1 Å². The Hall–Kier alpha value is -2.68. The lowest BCUT2D eigenvalue weighted by atomic mass is 9.94. The molecule has 0 fully saturated rings. The van der Waals surface area contributed by atoms with E-state index in [2.05, 4.69) is 10.3 Å². The van der Waals surface area contributed by atoms with Gasteiger partial charge in [0.2, 0.25) is 0 Å². The number of hydrogen-bond acceptors (Lipinski definition) is 6. The second-order valence-electron chi connectivity index (χ2n) is 6.05. The van der Waals surface area contributed by atoms with Crippen molar-refractivity contribution in [2.75, 3.05) is 13.4 Å². The molecule has 0 saturated heterocycles. The van der Waals surface area contributed by atoms with Crippen LogP contribution in [0.4, 0.5) is 0 Å². The maximum atomic E-state index is 12.8. The van der Waals surface area contributed by atoms with Gasteiger partial charge in [-0.1, -0.05) is 5.16 Å². The van der Waals surface area contributed by atoms with Gasteiger partial charge in [0.1, 0.15) is 12.7 Å². The van der Waals surface area contributed by atoms with Crippen LogP contribution in [0.15, 0.2) is 33.2 Å². The van der Waals surface area contributed by atoms with Gasteiger partial charge < -0.3 is 9.94 Å². The van der Waals surface area contributed by atoms with E-state index in [1.165, 1.54) is 37.2 Å². The van der Waals surface area contributed by atoms with E-state index in [1.54, 1.807) is 13.8 Å². The average Bonchev–Trinajstić information content (AvgIpc) is 2.87. The van der Waals surface area contributed by atoms with Gasteiger partial charge in [-0.25, -0.2) is 8.42 Å². The highest BCUT2D eigenvalue weighted by molar-refractivity contribution is 7.90. The number of aromatic amines is 1. The van der Waals surface area contributed by atoms with Crippen molar-refractivity contribution in [1.82, 2.24) is 9.78 Å². The summed E-state index contributed by atoms with van der Waals surface area (Å²) in [5.74, 6) is -0.466. The van der Waals surface area contributed by atoms with Gasteiger partial charge in [0.15, 0.2) is 15.6 Å². The number of rotatable bonds is 6. The van der Waals surface area contributed by atoms with Crippen LogP contribution < -0.4 is 5.56 Å². The largest absolute Gasteiger partial charge is 0.399 e. The molecule has 0 atom stereocenters. The van der Waals surface area contributed by atoms with Crippen molar-refractivity contribution in [1.29, 1.82) is 0 Å². The summed E-state index contributed by atoms with van der Waals surface area (Å²) in [7, 11) is -0.600. The Morgan fingerprint density at radius 3 is 2.46 bits per heavy atom. The van der Waals surface area contributed by atoms with Crippen LogP contribution in [-0.2, 0) is 28.1 Å². The van der Waals surface area contributed by atoms with Gasteiger partial charge >= 0.3 is 0 Å². The smallest absolute Gasteiger partial charge is 0.277 e.